The van der Waals surface area contributed by atoms with Gasteiger partial charge in [0.2, 0.25) is 0 Å². The van der Waals surface area contributed by atoms with Crippen molar-refractivity contribution in [1.29, 1.82) is 0 Å². The van der Waals surface area contributed by atoms with Gasteiger partial charge in [-0.15, -0.1) is 11.3 Å². The normalized spacial score (nSPS) is 18.1. The van der Waals surface area contributed by atoms with Gasteiger partial charge < -0.3 is 4.90 Å². The predicted octanol–water partition coefficient (Wildman–Crippen LogP) is 4.87. The summed E-state index contributed by atoms with van der Waals surface area (Å²) in [5.41, 5.74) is 3.71. The fraction of sp³-hybridized carbons (Fsp3) is 0.318. The van der Waals surface area contributed by atoms with E-state index in [9.17, 15) is 8.42 Å². The summed E-state index contributed by atoms with van der Waals surface area (Å²) in [5, 5.41) is 2.06. The molecule has 0 spiro atoms. The van der Waals surface area contributed by atoms with Gasteiger partial charge in [-0.3, -0.25) is 9.62 Å². The number of hydrogen-bond donors (Lipinski definition) is 1. The highest BCUT2D eigenvalue weighted by atomic mass is 35.5. The number of aromatic nitrogens is 1. The molecule has 1 aliphatic heterocycles. The number of sulfonamides is 1. The lowest BCUT2D eigenvalue weighted by Crippen LogP contribution is -2.35. The Balaban J connectivity index is 1.46. The maximum Gasteiger partial charge on any atom is 0.263 e. The van der Waals surface area contributed by atoms with Crippen LogP contribution in [0.4, 0.5) is 11.5 Å². The standard InChI is InChI=1S/C22H25ClN4O2S2/c1-16(17-6-4-3-5-7-17)27-11-10-18(13-27)26(2)21-9-8-19(12-20(21)23)31(28,29)25-22-14-30-15-24-22/h3-9,12,14-16,18,25H,10-11,13H2,1-2H3/t16?,18-/m0/s1. The monoisotopic (exact) mass is 476 g/mol. The molecule has 1 aromatic heterocycles. The molecule has 31 heavy (non-hydrogen) atoms. The molecular weight excluding hydrogens is 452 g/mol. The first kappa shape index (κ1) is 22.1. The van der Waals surface area contributed by atoms with Crippen molar-refractivity contribution < 1.29 is 8.42 Å². The molecule has 6 nitrogen and oxygen atoms in total. The molecule has 0 saturated carbocycles. The van der Waals surface area contributed by atoms with Gasteiger partial charge >= 0.3 is 0 Å². The zero-order valence-electron chi connectivity index (χ0n) is 17.4. The van der Waals surface area contributed by atoms with Crippen LogP contribution in [0.15, 0.2) is 64.3 Å². The number of likely N-dealkylation sites (N-methyl/N-ethyl adjacent to an activating group) is 1. The van der Waals surface area contributed by atoms with E-state index in [0.29, 0.717) is 22.9 Å². The van der Waals surface area contributed by atoms with Gasteiger partial charge in [0.1, 0.15) is 0 Å². The third-order valence-corrected chi connectivity index (χ3v) is 8.09. The maximum absolute atomic E-state index is 12.6. The topological polar surface area (TPSA) is 65.5 Å². The third kappa shape index (κ3) is 4.87. The smallest absolute Gasteiger partial charge is 0.263 e. The molecule has 2 atom stereocenters. The SMILES string of the molecule is CC(c1ccccc1)N1CC[C@H](N(C)c2ccc(S(=O)(=O)Nc3cscn3)cc2Cl)C1. The molecular formula is C22H25ClN4O2S2. The fourth-order valence-corrected chi connectivity index (χ4v) is 5.94. The van der Waals surface area contributed by atoms with Crippen LogP contribution >= 0.6 is 22.9 Å². The van der Waals surface area contributed by atoms with Crippen LogP contribution in [0.2, 0.25) is 5.02 Å². The van der Waals surface area contributed by atoms with E-state index in [0.717, 1.165) is 25.2 Å². The lowest BCUT2D eigenvalue weighted by Gasteiger charge is -2.30. The summed E-state index contributed by atoms with van der Waals surface area (Å²) in [7, 11) is -1.72. The van der Waals surface area contributed by atoms with Gasteiger partial charge in [-0.05, 0) is 37.1 Å². The molecule has 1 aliphatic rings. The second-order valence-electron chi connectivity index (χ2n) is 7.73. The second kappa shape index (κ2) is 9.16. The number of thiazole rings is 1. The molecule has 0 bridgehead atoms. The van der Waals surface area contributed by atoms with E-state index in [1.807, 2.05) is 13.1 Å². The van der Waals surface area contributed by atoms with Gasteiger partial charge in [-0.2, -0.15) is 0 Å². The van der Waals surface area contributed by atoms with Crippen LogP contribution in [-0.2, 0) is 10.0 Å². The predicted molar refractivity (Wildman–Crippen MR) is 128 cm³/mol. The number of nitrogens with one attached hydrogen (secondary N) is 1. The van der Waals surface area contributed by atoms with E-state index in [2.05, 4.69) is 50.7 Å². The highest BCUT2D eigenvalue weighted by Gasteiger charge is 2.30. The molecule has 3 aromatic rings. The van der Waals surface area contributed by atoms with Gasteiger partial charge in [-0.1, -0.05) is 41.9 Å². The highest BCUT2D eigenvalue weighted by Crippen LogP contribution is 2.33. The molecule has 1 saturated heterocycles. The van der Waals surface area contributed by atoms with Crippen molar-refractivity contribution in [3.05, 3.63) is 70.0 Å². The first-order valence-electron chi connectivity index (χ1n) is 10.1. The van der Waals surface area contributed by atoms with Gasteiger partial charge in [-0.25, -0.2) is 13.4 Å². The van der Waals surface area contributed by atoms with E-state index in [-0.39, 0.29) is 4.90 Å². The van der Waals surface area contributed by atoms with Crippen LogP contribution in [0.3, 0.4) is 0 Å². The van der Waals surface area contributed by atoms with Crippen molar-refractivity contribution in [3.63, 3.8) is 0 Å². The van der Waals surface area contributed by atoms with Crippen LogP contribution in [0.5, 0.6) is 0 Å². The molecule has 1 fully saturated rings. The Kier molecular flexibility index (Phi) is 6.52. The van der Waals surface area contributed by atoms with E-state index in [1.165, 1.54) is 23.0 Å². The molecule has 0 amide bonds. The van der Waals surface area contributed by atoms with E-state index < -0.39 is 10.0 Å². The van der Waals surface area contributed by atoms with Crippen LogP contribution in [-0.4, -0.2) is 44.5 Å². The molecule has 1 N–H and O–H groups in total. The fourth-order valence-electron chi connectivity index (χ4n) is 3.98. The van der Waals surface area contributed by atoms with Crippen LogP contribution in [0, 0.1) is 0 Å². The minimum absolute atomic E-state index is 0.119. The van der Waals surface area contributed by atoms with E-state index in [1.54, 1.807) is 23.0 Å². The van der Waals surface area contributed by atoms with Crippen molar-refractivity contribution in [2.24, 2.45) is 0 Å². The maximum atomic E-state index is 12.6. The number of hydrogen-bond acceptors (Lipinski definition) is 6. The first-order valence-corrected chi connectivity index (χ1v) is 12.9. The molecule has 9 heteroatoms. The second-order valence-corrected chi connectivity index (χ2v) is 10.5. The Hall–Kier alpha value is -2.13. The van der Waals surface area contributed by atoms with Crippen LogP contribution in [0.1, 0.15) is 24.9 Å². The van der Waals surface area contributed by atoms with Crippen molar-refractivity contribution in [3.8, 4) is 0 Å². The summed E-state index contributed by atoms with van der Waals surface area (Å²) in [6, 6.07) is 16.0. The van der Waals surface area contributed by atoms with Crippen LogP contribution < -0.4 is 9.62 Å². The lowest BCUT2D eigenvalue weighted by molar-refractivity contribution is 0.259. The Morgan fingerprint density at radius 1 is 1.26 bits per heavy atom. The average molecular weight is 477 g/mol. The number of benzene rings is 2. The molecule has 2 aromatic carbocycles. The molecule has 164 valence electrons. The van der Waals surface area contributed by atoms with Gasteiger partial charge in [0.05, 0.1) is 21.1 Å². The number of likely N-dealkylation sites (tertiary alicyclic amines) is 1. The summed E-state index contributed by atoms with van der Waals surface area (Å²) in [5.74, 6) is 0.306. The van der Waals surface area contributed by atoms with Gasteiger partial charge in [0, 0.05) is 37.6 Å². The Morgan fingerprint density at radius 3 is 2.71 bits per heavy atom. The molecule has 4 rings (SSSR count). The highest BCUT2D eigenvalue weighted by molar-refractivity contribution is 7.92. The Labute approximate surface area is 192 Å². The first-order chi connectivity index (χ1) is 14.8. The number of rotatable bonds is 7. The van der Waals surface area contributed by atoms with E-state index >= 15 is 0 Å². The third-order valence-electron chi connectivity index (χ3n) is 5.85. The Bertz CT molecular complexity index is 1120. The average Bonchev–Trinajstić information content (AvgIpc) is 3.45. The quantitative estimate of drug-likeness (QED) is 0.527. The molecule has 0 aliphatic carbocycles. The van der Waals surface area contributed by atoms with Gasteiger partial charge in [0.25, 0.3) is 10.0 Å². The summed E-state index contributed by atoms with van der Waals surface area (Å²) in [6.07, 6.45) is 1.02. The minimum Gasteiger partial charge on any atom is -0.369 e. The number of nitrogens with zero attached hydrogens (tertiary/aromatic N) is 3. The largest absolute Gasteiger partial charge is 0.369 e. The van der Waals surface area contributed by atoms with Crippen molar-refractivity contribution >= 4 is 44.5 Å². The lowest BCUT2D eigenvalue weighted by atomic mass is 10.1. The summed E-state index contributed by atoms with van der Waals surface area (Å²) >= 11 is 7.85. The summed E-state index contributed by atoms with van der Waals surface area (Å²) < 4.78 is 27.7. The molecule has 1 unspecified atom stereocenters. The van der Waals surface area contributed by atoms with Gasteiger partial charge in [0.15, 0.2) is 5.82 Å². The zero-order valence-corrected chi connectivity index (χ0v) is 19.8. The molecule has 2 heterocycles. The Morgan fingerprint density at radius 2 is 2.03 bits per heavy atom. The van der Waals surface area contributed by atoms with Crippen molar-refractivity contribution in [2.75, 3.05) is 29.8 Å². The van der Waals surface area contributed by atoms with Crippen molar-refractivity contribution in [2.45, 2.75) is 30.3 Å². The number of anilines is 2. The van der Waals surface area contributed by atoms with Crippen molar-refractivity contribution in [1.82, 2.24) is 9.88 Å². The van der Waals surface area contributed by atoms with E-state index in [4.69, 9.17) is 11.6 Å². The van der Waals surface area contributed by atoms with Crippen LogP contribution in [0.25, 0.3) is 0 Å². The minimum atomic E-state index is -3.73. The summed E-state index contributed by atoms with van der Waals surface area (Å²) in [6.45, 7) is 4.17. The molecule has 0 radical (unpaired) electrons. The number of halogens is 1. The zero-order chi connectivity index (χ0) is 22.0. The summed E-state index contributed by atoms with van der Waals surface area (Å²) in [4.78, 5) is 8.72.